The number of nitrogens with two attached hydrogens (primary N) is 1. The Balaban J connectivity index is 2.21. The lowest BCUT2D eigenvalue weighted by Crippen LogP contribution is -2.29. The Labute approximate surface area is 122 Å². The van der Waals surface area contributed by atoms with Gasteiger partial charge in [-0.2, -0.15) is 0 Å². The summed E-state index contributed by atoms with van der Waals surface area (Å²) in [5.41, 5.74) is 7.84. The molecular weight excluding hydrogens is 270 g/mol. The van der Waals surface area contributed by atoms with Gasteiger partial charge in [-0.25, -0.2) is 9.59 Å². The molecule has 0 aliphatic carbocycles. The van der Waals surface area contributed by atoms with Crippen molar-refractivity contribution in [1.82, 2.24) is 0 Å². The van der Waals surface area contributed by atoms with Crippen LogP contribution in [0, 0.1) is 6.92 Å². The fraction of sp³-hybridized carbons (Fsp3) is 0.250. The van der Waals surface area contributed by atoms with Crippen LogP contribution >= 0.6 is 0 Å². The molecule has 5 heteroatoms. The number of ether oxygens (including phenoxy) is 1. The first-order valence-corrected chi connectivity index (χ1v) is 6.52. The first-order valence-electron chi connectivity index (χ1n) is 6.52. The van der Waals surface area contributed by atoms with E-state index in [0.717, 1.165) is 16.5 Å². The maximum atomic E-state index is 11.4. The molecule has 0 aliphatic heterocycles. The summed E-state index contributed by atoms with van der Waals surface area (Å²) in [6, 6.07) is 6.90. The summed E-state index contributed by atoms with van der Waals surface area (Å²) in [4.78, 5) is 22.8. The Hall–Kier alpha value is -2.40. The molecule has 0 spiro atoms. The Morgan fingerprint density at radius 2 is 2.14 bits per heavy atom. The average molecular weight is 287 g/mol. The molecule has 5 nitrogen and oxygen atoms in total. The summed E-state index contributed by atoms with van der Waals surface area (Å²) < 4.78 is 10.2. The molecule has 0 saturated heterocycles. The third-order valence-corrected chi connectivity index (χ3v) is 3.06. The molecule has 21 heavy (non-hydrogen) atoms. The van der Waals surface area contributed by atoms with Crippen molar-refractivity contribution in [2.45, 2.75) is 26.5 Å². The van der Waals surface area contributed by atoms with Gasteiger partial charge >= 0.3 is 11.6 Å². The van der Waals surface area contributed by atoms with Gasteiger partial charge in [-0.3, -0.25) is 5.73 Å². The van der Waals surface area contributed by atoms with Gasteiger partial charge in [-0.15, -0.1) is 0 Å². The smallest absolute Gasteiger partial charge is 0.336 e. The van der Waals surface area contributed by atoms with Crippen molar-refractivity contribution in [1.29, 1.82) is 0 Å². The van der Waals surface area contributed by atoms with E-state index < -0.39 is 17.8 Å². The zero-order valence-corrected chi connectivity index (χ0v) is 12.0. The van der Waals surface area contributed by atoms with E-state index in [9.17, 15) is 9.59 Å². The van der Waals surface area contributed by atoms with Gasteiger partial charge in [0.15, 0.2) is 6.23 Å². The Bertz CT molecular complexity index is 760. The van der Waals surface area contributed by atoms with Gasteiger partial charge in [0.05, 0.1) is 0 Å². The van der Waals surface area contributed by atoms with Crippen LogP contribution < -0.4 is 11.4 Å². The molecule has 2 aromatic rings. The third-order valence-electron chi connectivity index (χ3n) is 3.06. The Morgan fingerprint density at radius 3 is 2.81 bits per heavy atom. The van der Waals surface area contributed by atoms with Gasteiger partial charge in [0.1, 0.15) is 5.58 Å². The topological polar surface area (TPSA) is 82.5 Å². The second-order valence-corrected chi connectivity index (χ2v) is 5.01. The normalized spacial score (nSPS) is 12.1. The molecule has 0 saturated carbocycles. The summed E-state index contributed by atoms with van der Waals surface area (Å²) in [6.07, 6.45) is -0.449. The molecule has 1 aromatic heterocycles. The van der Waals surface area contributed by atoms with E-state index >= 15 is 0 Å². The van der Waals surface area contributed by atoms with Crippen LogP contribution in [0.25, 0.3) is 11.0 Å². The van der Waals surface area contributed by atoms with Crippen molar-refractivity contribution in [3.05, 3.63) is 58.0 Å². The molecule has 0 bridgehead atoms. The van der Waals surface area contributed by atoms with Gasteiger partial charge in [0.25, 0.3) is 0 Å². The highest BCUT2D eigenvalue weighted by atomic mass is 16.6. The van der Waals surface area contributed by atoms with Crippen LogP contribution in [0.15, 0.2) is 45.6 Å². The lowest BCUT2D eigenvalue weighted by molar-refractivity contribution is -0.143. The fourth-order valence-corrected chi connectivity index (χ4v) is 2.01. The molecule has 2 N–H and O–H groups in total. The summed E-state index contributed by atoms with van der Waals surface area (Å²) >= 11 is 0. The van der Waals surface area contributed by atoms with Crippen molar-refractivity contribution in [2.24, 2.45) is 5.73 Å². The molecule has 110 valence electrons. The lowest BCUT2D eigenvalue weighted by atomic mass is 10.1. The van der Waals surface area contributed by atoms with Gasteiger partial charge in [0, 0.05) is 23.4 Å². The minimum absolute atomic E-state index is 0.297. The van der Waals surface area contributed by atoms with E-state index in [1.165, 1.54) is 6.07 Å². The van der Waals surface area contributed by atoms with E-state index in [1.54, 1.807) is 13.0 Å². The largest absolute Gasteiger partial charge is 0.443 e. The summed E-state index contributed by atoms with van der Waals surface area (Å²) in [5.74, 6) is -0.523. The number of hydrogen-bond acceptors (Lipinski definition) is 5. The van der Waals surface area contributed by atoms with E-state index in [1.807, 2.05) is 19.1 Å². The standard InChI is InChI=1S/C16H17NO4/c1-9(2)16(19)21-14(17)8-11-4-5-12-10(3)6-15(18)20-13(12)7-11/h4-7,14H,1,8,17H2,2-3H3. The molecule has 1 atom stereocenters. The fourth-order valence-electron chi connectivity index (χ4n) is 2.01. The number of esters is 1. The van der Waals surface area contributed by atoms with Crippen molar-refractivity contribution in [3.63, 3.8) is 0 Å². The molecular formula is C16H17NO4. The number of aryl methyl sites for hydroxylation is 1. The summed E-state index contributed by atoms with van der Waals surface area (Å²) in [5, 5.41) is 0.867. The highest BCUT2D eigenvalue weighted by molar-refractivity contribution is 5.87. The zero-order valence-electron chi connectivity index (χ0n) is 12.0. The third kappa shape index (κ3) is 3.58. The molecule has 0 amide bonds. The SMILES string of the molecule is C=C(C)C(=O)OC(N)Cc1ccc2c(C)cc(=O)oc2c1. The Kier molecular flexibility index (Phi) is 4.23. The molecule has 1 unspecified atom stereocenters. The van der Waals surface area contributed by atoms with Gasteiger partial charge in [-0.05, 0) is 31.0 Å². The second-order valence-electron chi connectivity index (χ2n) is 5.01. The minimum Gasteiger partial charge on any atom is -0.443 e. The maximum absolute atomic E-state index is 11.4. The molecule has 2 rings (SSSR count). The van der Waals surface area contributed by atoms with Crippen molar-refractivity contribution in [2.75, 3.05) is 0 Å². The van der Waals surface area contributed by atoms with Gasteiger partial charge in [-0.1, -0.05) is 18.7 Å². The van der Waals surface area contributed by atoms with Crippen LogP contribution in [0.1, 0.15) is 18.1 Å². The van der Waals surface area contributed by atoms with Crippen LogP contribution in [-0.4, -0.2) is 12.2 Å². The molecule has 0 fully saturated rings. The monoisotopic (exact) mass is 287 g/mol. The van der Waals surface area contributed by atoms with Gasteiger partial charge < -0.3 is 9.15 Å². The van der Waals surface area contributed by atoms with Crippen LogP contribution in [-0.2, 0) is 16.0 Å². The number of rotatable bonds is 4. The van der Waals surface area contributed by atoms with Crippen molar-refractivity contribution < 1.29 is 13.9 Å². The van der Waals surface area contributed by atoms with E-state index in [-0.39, 0.29) is 0 Å². The number of fused-ring (bicyclic) bond motifs is 1. The highest BCUT2D eigenvalue weighted by Crippen LogP contribution is 2.18. The quantitative estimate of drug-likeness (QED) is 0.403. The molecule has 0 radical (unpaired) electrons. The number of carbonyl (C=O) groups is 1. The number of hydrogen-bond donors (Lipinski definition) is 1. The van der Waals surface area contributed by atoms with E-state index in [4.69, 9.17) is 14.9 Å². The highest BCUT2D eigenvalue weighted by Gasteiger charge is 2.12. The summed E-state index contributed by atoms with van der Waals surface area (Å²) in [6.45, 7) is 6.90. The molecule has 1 aromatic carbocycles. The van der Waals surface area contributed by atoms with Crippen molar-refractivity contribution >= 4 is 16.9 Å². The maximum Gasteiger partial charge on any atom is 0.336 e. The van der Waals surface area contributed by atoms with Crippen LogP contribution in [0.5, 0.6) is 0 Å². The molecule has 0 aliphatic rings. The average Bonchev–Trinajstić information content (AvgIpc) is 2.37. The predicted octanol–water partition coefficient (Wildman–Crippen LogP) is 2.05. The first kappa shape index (κ1) is 15.0. The second kappa shape index (κ2) is 5.93. The Morgan fingerprint density at radius 1 is 1.43 bits per heavy atom. The minimum atomic E-state index is -0.775. The van der Waals surface area contributed by atoms with Gasteiger partial charge in [0.2, 0.25) is 0 Å². The van der Waals surface area contributed by atoms with Crippen LogP contribution in [0.3, 0.4) is 0 Å². The first-order chi connectivity index (χ1) is 9.86. The van der Waals surface area contributed by atoms with Crippen LogP contribution in [0.4, 0.5) is 0 Å². The predicted molar refractivity (Wildman–Crippen MR) is 79.8 cm³/mol. The zero-order chi connectivity index (χ0) is 15.6. The van der Waals surface area contributed by atoms with E-state index in [2.05, 4.69) is 6.58 Å². The molecule has 1 heterocycles. The van der Waals surface area contributed by atoms with Crippen LogP contribution in [0.2, 0.25) is 0 Å². The number of carbonyl (C=O) groups excluding carboxylic acids is 1. The van der Waals surface area contributed by atoms with Crippen molar-refractivity contribution in [3.8, 4) is 0 Å². The lowest BCUT2D eigenvalue weighted by Gasteiger charge is -2.13. The van der Waals surface area contributed by atoms with E-state index in [0.29, 0.717) is 17.6 Å². The number of benzene rings is 1. The summed E-state index contributed by atoms with van der Waals surface area (Å²) in [7, 11) is 0.